The van der Waals surface area contributed by atoms with Crippen molar-refractivity contribution in [1.29, 1.82) is 0 Å². The Morgan fingerprint density at radius 3 is 1.43 bits per heavy atom. The maximum absolute atomic E-state index is 2.70. The highest BCUT2D eigenvalue weighted by molar-refractivity contribution is 7.01. The van der Waals surface area contributed by atoms with Gasteiger partial charge in [-0.25, -0.2) is 0 Å². The zero-order chi connectivity index (χ0) is 41.7. The van der Waals surface area contributed by atoms with Crippen LogP contribution in [0.3, 0.4) is 0 Å². The first-order chi connectivity index (χ1) is 26.9. The van der Waals surface area contributed by atoms with E-state index < -0.39 is 16.1 Å². The van der Waals surface area contributed by atoms with Gasteiger partial charge in [-0.15, -0.1) is 0 Å². The molecule has 0 fully saturated rings. The molecule has 0 bridgehead atoms. The van der Waals surface area contributed by atoms with Gasteiger partial charge in [-0.05, 0) is 147 Å². The Morgan fingerprint density at radius 2 is 0.879 bits per heavy atom. The highest BCUT2D eigenvalue weighted by Gasteiger charge is 2.47. The van der Waals surface area contributed by atoms with Crippen LogP contribution in [0.2, 0.25) is 39.3 Å². The molecule has 5 aromatic carbocycles. The van der Waals surface area contributed by atoms with Crippen molar-refractivity contribution in [3.05, 3.63) is 113 Å². The van der Waals surface area contributed by atoms with Crippen LogP contribution in [0.25, 0.3) is 0 Å². The molecule has 2 nitrogen and oxygen atoms in total. The Bertz CT molecular complexity index is 2510. The van der Waals surface area contributed by atoms with Gasteiger partial charge in [0.1, 0.15) is 0 Å². The van der Waals surface area contributed by atoms with E-state index in [9.17, 15) is 0 Å². The standard InChI is InChI=1S/C53H67BN2Si2/c1-34-28-47-49-48(29-34)56(36-18-22-39-40(30-36)51(4,5)25-24-50(39,2)3)46-33-42-41(52(6,7)26-27-53(42,8)9)32-44(46)54(49)43-31-38(58(13,14)15)21-23-45(43)55(47)35-16-19-37(20-17-35)57(10,11)12/h16-23,28-33H,24-27H2,1-15H3. The molecule has 2 heterocycles. The smallest absolute Gasteiger partial charge is 0.252 e. The summed E-state index contributed by atoms with van der Waals surface area (Å²) in [5.74, 6) is 0. The topological polar surface area (TPSA) is 6.48 Å². The van der Waals surface area contributed by atoms with Crippen molar-refractivity contribution in [3.8, 4) is 0 Å². The molecule has 0 atom stereocenters. The maximum Gasteiger partial charge on any atom is 0.252 e. The number of nitrogens with zero attached hydrogens (tertiary/aromatic N) is 2. The average molecular weight is 799 g/mol. The molecule has 0 radical (unpaired) electrons. The average Bonchev–Trinajstić information content (AvgIpc) is 3.14. The summed E-state index contributed by atoms with van der Waals surface area (Å²) in [7, 11) is -3.12. The third-order valence-corrected chi connectivity index (χ3v) is 19.2. The van der Waals surface area contributed by atoms with Crippen LogP contribution in [0.15, 0.2) is 84.9 Å². The third-order valence-electron chi connectivity index (χ3n) is 15.1. The van der Waals surface area contributed by atoms with Gasteiger partial charge >= 0.3 is 0 Å². The van der Waals surface area contributed by atoms with Crippen molar-refractivity contribution in [2.45, 2.75) is 149 Å². The molecule has 2 aliphatic heterocycles. The van der Waals surface area contributed by atoms with E-state index in [-0.39, 0.29) is 28.4 Å². The summed E-state index contributed by atoms with van der Waals surface area (Å²) in [4.78, 5) is 5.32. The Labute approximate surface area is 353 Å². The first kappa shape index (κ1) is 39.6. The van der Waals surface area contributed by atoms with E-state index in [4.69, 9.17) is 0 Å². The molecule has 0 amide bonds. The van der Waals surface area contributed by atoms with Crippen LogP contribution in [0.4, 0.5) is 34.1 Å². The van der Waals surface area contributed by atoms with Crippen molar-refractivity contribution < 1.29 is 0 Å². The molecule has 9 rings (SSSR count). The fraction of sp³-hybridized carbons (Fsp3) is 0.434. The second-order valence-corrected chi connectivity index (χ2v) is 33.5. The SMILES string of the molecule is Cc1cc2c3c(c1)N(c1ccc4c(c1)C(C)(C)CCC4(C)C)c1cc4c(cc1B3c1cc([Si](C)(C)C)ccc1N2c1ccc([Si](C)(C)C)cc1)C(C)(C)CCC4(C)C. The second kappa shape index (κ2) is 12.6. The van der Waals surface area contributed by atoms with Crippen LogP contribution in [-0.4, -0.2) is 22.9 Å². The van der Waals surface area contributed by atoms with Crippen LogP contribution in [0.1, 0.15) is 109 Å². The molecule has 0 N–H and O–H groups in total. The van der Waals surface area contributed by atoms with E-state index in [1.165, 1.54) is 109 Å². The molecule has 5 heteroatoms. The van der Waals surface area contributed by atoms with E-state index in [0.29, 0.717) is 0 Å². The lowest BCUT2D eigenvalue weighted by Crippen LogP contribution is -2.62. The minimum atomic E-state index is -1.65. The molecule has 0 saturated carbocycles. The number of benzene rings is 5. The first-order valence-corrected chi connectivity index (χ1v) is 29.2. The predicted molar refractivity (Wildman–Crippen MR) is 262 cm³/mol. The number of anilines is 6. The van der Waals surface area contributed by atoms with Gasteiger partial charge in [0, 0.05) is 34.1 Å². The zero-order valence-corrected chi connectivity index (χ0v) is 40.4. The summed E-state index contributed by atoms with van der Waals surface area (Å²) >= 11 is 0. The molecule has 5 aromatic rings. The van der Waals surface area contributed by atoms with Gasteiger partial charge in [0.15, 0.2) is 0 Å². The van der Waals surface area contributed by atoms with Crippen LogP contribution in [-0.2, 0) is 21.7 Å². The lowest BCUT2D eigenvalue weighted by molar-refractivity contribution is 0.332. The van der Waals surface area contributed by atoms with Crippen molar-refractivity contribution >= 4 is 83.7 Å². The minimum absolute atomic E-state index is 0.0970. The van der Waals surface area contributed by atoms with Crippen molar-refractivity contribution in [3.63, 3.8) is 0 Å². The number of rotatable bonds is 4. The minimum Gasteiger partial charge on any atom is -0.311 e. The summed E-state index contributed by atoms with van der Waals surface area (Å²) in [5, 5.41) is 3.03. The molecule has 300 valence electrons. The maximum atomic E-state index is 2.70. The molecule has 2 aliphatic carbocycles. The monoisotopic (exact) mass is 798 g/mol. The molecule has 0 aromatic heterocycles. The highest BCUT2D eigenvalue weighted by Crippen LogP contribution is 2.52. The van der Waals surface area contributed by atoms with Gasteiger partial charge in [-0.3, -0.25) is 0 Å². The number of hydrogen-bond donors (Lipinski definition) is 0. The largest absolute Gasteiger partial charge is 0.311 e. The summed E-state index contributed by atoms with van der Waals surface area (Å²) < 4.78 is 0. The Kier molecular flexibility index (Phi) is 8.62. The van der Waals surface area contributed by atoms with Crippen LogP contribution < -0.4 is 36.6 Å². The van der Waals surface area contributed by atoms with Gasteiger partial charge in [-0.1, -0.05) is 141 Å². The Hall–Kier alpha value is -3.80. The third kappa shape index (κ3) is 6.07. The normalized spacial score (nSPS) is 19.5. The molecule has 0 saturated heterocycles. The van der Waals surface area contributed by atoms with E-state index in [1.54, 1.807) is 5.56 Å². The second-order valence-electron chi connectivity index (χ2n) is 23.4. The van der Waals surface area contributed by atoms with Gasteiger partial charge in [0.05, 0.1) is 16.1 Å². The summed E-state index contributed by atoms with van der Waals surface area (Å²) in [6, 6.07) is 35.1. The molecule has 0 spiro atoms. The van der Waals surface area contributed by atoms with E-state index in [0.717, 1.165) is 0 Å². The quantitative estimate of drug-likeness (QED) is 0.164. The zero-order valence-electron chi connectivity index (χ0n) is 38.4. The van der Waals surface area contributed by atoms with E-state index in [2.05, 4.69) is 196 Å². The Balaban J connectivity index is 1.40. The fourth-order valence-electron chi connectivity index (χ4n) is 11.0. The molecule has 4 aliphatic rings. The number of aryl methyl sites for hydroxylation is 1. The van der Waals surface area contributed by atoms with Gasteiger partial charge in [0.25, 0.3) is 6.71 Å². The molecule has 58 heavy (non-hydrogen) atoms. The van der Waals surface area contributed by atoms with Crippen LogP contribution >= 0.6 is 0 Å². The van der Waals surface area contributed by atoms with E-state index in [1.807, 2.05) is 0 Å². The van der Waals surface area contributed by atoms with Gasteiger partial charge in [0.2, 0.25) is 0 Å². The van der Waals surface area contributed by atoms with E-state index >= 15 is 0 Å². The number of fused-ring (bicyclic) bond motifs is 6. The number of hydrogen-bond acceptors (Lipinski definition) is 2. The lowest BCUT2D eigenvalue weighted by Gasteiger charge is -2.48. The molecular weight excluding hydrogens is 732 g/mol. The summed E-state index contributed by atoms with van der Waals surface area (Å²) in [6.07, 6.45) is 4.82. The summed E-state index contributed by atoms with van der Waals surface area (Å²) in [6.45, 7) is 37.1. The molecule has 0 unspecified atom stereocenters. The lowest BCUT2D eigenvalue weighted by atomic mass is 9.33. The van der Waals surface area contributed by atoms with Crippen LogP contribution in [0.5, 0.6) is 0 Å². The van der Waals surface area contributed by atoms with Crippen molar-refractivity contribution in [1.82, 2.24) is 0 Å². The van der Waals surface area contributed by atoms with Crippen LogP contribution in [0, 0.1) is 6.92 Å². The van der Waals surface area contributed by atoms with Crippen molar-refractivity contribution in [2.75, 3.05) is 9.80 Å². The van der Waals surface area contributed by atoms with Gasteiger partial charge in [-0.2, -0.15) is 0 Å². The predicted octanol–water partition coefficient (Wildman–Crippen LogP) is 11.9. The Morgan fingerprint density at radius 1 is 0.431 bits per heavy atom. The van der Waals surface area contributed by atoms with Gasteiger partial charge < -0.3 is 9.80 Å². The fourth-order valence-corrected chi connectivity index (χ4v) is 13.4. The van der Waals surface area contributed by atoms with Crippen molar-refractivity contribution in [2.24, 2.45) is 0 Å². The first-order valence-electron chi connectivity index (χ1n) is 22.2. The highest BCUT2D eigenvalue weighted by atomic mass is 28.3. The molecular formula is C53H67BN2Si2. The summed E-state index contributed by atoms with van der Waals surface area (Å²) in [5.41, 5.74) is 20.1.